The van der Waals surface area contributed by atoms with E-state index in [2.05, 4.69) is 5.10 Å². The fourth-order valence-electron chi connectivity index (χ4n) is 1.86. The monoisotopic (exact) mass is 249 g/mol. The lowest BCUT2D eigenvalue weighted by Gasteiger charge is -2.12. The Labute approximate surface area is 105 Å². The second-order valence-electron chi connectivity index (χ2n) is 4.23. The molecular weight excluding hydrogens is 233 g/mol. The van der Waals surface area contributed by atoms with E-state index >= 15 is 0 Å². The van der Waals surface area contributed by atoms with E-state index < -0.39 is 5.82 Å². The van der Waals surface area contributed by atoms with Gasteiger partial charge in [-0.15, -0.1) is 0 Å². The number of methoxy groups -OCH3 is 1. The molecule has 0 bridgehead atoms. The van der Waals surface area contributed by atoms with E-state index in [1.54, 1.807) is 23.0 Å². The van der Waals surface area contributed by atoms with Crippen LogP contribution in [0.5, 0.6) is 5.75 Å². The van der Waals surface area contributed by atoms with E-state index in [-0.39, 0.29) is 11.8 Å². The number of hydrogen-bond donors (Lipinski definition) is 1. The third-order valence-electron chi connectivity index (χ3n) is 2.82. The van der Waals surface area contributed by atoms with Crippen molar-refractivity contribution >= 4 is 0 Å². The molecule has 0 spiro atoms. The largest absolute Gasteiger partial charge is 0.494 e. The van der Waals surface area contributed by atoms with Crippen LogP contribution >= 0.6 is 0 Å². The summed E-state index contributed by atoms with van der Waals surface area (Å²) in [6.07, 6.45) is 4.29. The number of hydrogen-bond acceptors (Lipinski definition) is 3. The fraction of sp³-hybridized carbons (Fsp3) is 0.308. The van der Waals surface area contributed by atoms with Crippen LogP contribution < -0.4 is 10.5 Å². The van der Waals surface area contributed by atoms with Crippen LogP contribution in [-0.4, -0.2) is 16.9 Å². The molecule has 96 valence electrons. The van der Waals surface area contributed by atoms with Gasteiger partial charge in [0.25, 0.3) is 0 Å². The van der Waals surface area contributed by atoms with Crippen molar-refractivity contribution in [1.82, 2.24) is 9.78 Å². The van der Waals surface area contributed by atoms with E-state index in [4.69, 9.17) is 10.5 Å². The van der Waals surface area contributed by atoms with Gasteiger partial charge in [0.2, 0.25) is 0 Å². The van der Waals surface area contributed by atoms with Gasteiger partial charge in [-0.05, 0) is 29.7 Å². The minimum atomic E-state index is -0.392. The number of nitrogens with two attached hydrogens (primary N) is 1. The molecule has 0 aliphatic rings. The fourth-order valence-corrected chi connectivity index (χ4v) is 1.86. The van der Waals surface area contributed by atoms with Crippen LogP contribution in [0.25, 0.3) is 0 Å². The summed E-state index contributed by atoms with van der Waals surface area (Å²) >= 11 is 0. The van der Waals surface area contributed by atoms with E-state index in [9.17, 15) is 4.39 Å². The molecule has 1 atom stereocenters. The first-order valence-electron chi connectivity index (χ1n) is 5.66. The zero-order chi connectivity index (χ0) is 13.1. The summed E-state index contributed by atoms with van der Waals surface area (Å²) in [5.74, 6) is -0.163. The molecule has 2 rings (SSSR count). The summed E-state index contributed by atoms with van der Waals surface area (Å²) in [6.45, 7) is 0. The third kappa shape index (κ3) is 2.68. The van der Waals surface area contributed by atoms with Crippen molar-refractivity contribution < 1.29 is 9.13 Å². The molecule has 2 aromatic rings. The molecule has 0 aliphatic carbocycles. The van der Waals surface area contributed by atoms with Gasteiger partial charge < -0.3 is 10.5 Å². The summed E-state index contributed by atoms with van der Waals surface area (Å²) < 4.78 is 20.1. The van der Waals surface area contributed by atoms with Crippen molar-refractivity contribution in [2.45, 2.75) is 12.5 Å². The van der Waals surface area contributed by atoms with Gasteiger partial charge in [0, 0.05) is 19.3 Å². The highest BCUT2D eigenvalue weighted by Crippen LogP contribution is 2.22. The van der Waals surface area contributed by atoms with E-state index in [1.807, 2.05) is 13.2 Å². The van der Waals surface area contributed by atoms with Crippen LogP contribution in [0.4, 0.5) is 4.39 Å². The Morgan fingerprint density at radius 3 is 2.83 bits per heavy atom. The van der Waals surface area contributed by atoms with Gasteiger partial charge in [0.05, 0.1) is 13.3 Å². The van der Waals surface area contributed by atoms with Gasteiger partial charge in [-0.3, -0.25) is 4.68 Å². The molecule has 0 amide bonds. The summed E-state index contributed by atoms with van der Waals surface area (Å²) in [6, 6.07) is 4.53. The predicted molar refractivity (Wildman–Crippen MR) is 66.8 cm³/mol. The second kappa shape index (κ2) is 5.18. The molecule has 18 heavy (non-hydrogen) atoms. The van der Waals surface area contributed by atoms with Gasteiger partial charge in [0.15, 0.2) is 11.6 Å². The van der Waals surface area contributed by atoms with Crippen molar-refractivity contribution in [1.29, 1.82) is 0 Å². The summed E-state index contributed by atoms with van der Waals surface area (Å²) in [7, 11) is 3.29. The van der Waals surface area contributed by atoms with Gasteiger partial charge >= 0.3 is 0 Å². The highest BCUT2D eigenvalue weighted by molar-refractivity contribution is 5.31. The SMILES string of the molecule is COc1ccc(C(N)Cc2cnn(C)c2)cc1F. The molecular formula is C13H16FN3O. The molecule has 1 aromatic heterocycles. The van der Waals surface area contributed by atoms with Gasteiger partial charge in [0.1, 0.15) is 0 Å². The number of halogens is 1. The normalized spacial score (nSPS) is 12.4. The van der Waals surface area contributed by atoms with Crippen molar-refractivity contribution in [2.24, 2.45) is 12.8 Å². The van der Waals surface area contributed by atoms with Crippen LogP contribution in [0.1, 0.15) is 17.2 Å². The molecule has 0 aliphatic heterocycles. The lowest BCUT2D eigenvalue weighted by Crippen LogP contribution is -2.13. The van der Waals surface area contributed by atoms with E-state index in [1.165, 1.54) is 13.2 Å². The van der Waals surface area contributed by atoms with Crippen LogP contribution in [-0.2, 0) is 13.5 Å². The lowest BCUT2D eigenvalue weighted by atomic mass is 10.0. The lowest BCUT2D eigenvalue weighted by molar-refractivity contribution is 0.386. The Kier molecular flexibility index (Phi) is 3.62. The predicted octanol–water partition coefficient (Wildman–Crippen LogP) is 1.81. The molecule has 1 unspecified atom stereocenters. The average molecular weight is 249 g/mol. The summed E-state index contributed by atoms with van der Waals surface area (Å²) in [5.41, 5.74) is 7.83. The standard InChI is InChI=1S/C13H16FN3O/c1-17-8-9(7-16-17)5-12(15)10-3-4-13(18-2)11(14)6-10/h3-4,6-8,12H,5,15H2,1-2H3. The number of ether oxygens (including phenoxy) is 1. The molecule has 0 fully saturated rings. The highest BCUT2D eigenvalue weighted by Gasteiger charge is 2.11. The number of aryl methyl sites for hydroxylation is 1. The van der Waals surface area contributed by atoms with E-state index in [0.717, 1.165) is 11.1 Å². The molecule has 1 heterocycles. The van der Waals surface area contributed by atoms with Gasteiger partial charge in [-0.2, -0.15) is 5.10 Å². The maximum absolute atomic E-state index is 13.6. The maximum Gasteiger partial charge on any atom is 0.165 e. The number of nitrogens with zero attached hydrogens (tertiary/aromatic N) is 2. The Bertz CT molecular complexity index is 539. The highest BCUT2D eigenvalue weighted by atomic mass is 19.1. The zero-order valence-corrected chi connectivity index (χ0v) is 10.4. The van der Waals surface area contributed by atoms with E-state index in [0.29, 0.717) is 6.42 Å². The van der Waals surface area contributed by atoms with Crippen LogP contribution in [0, 0.1) is 5.82 Å². The molecule has 1 aromatic carbocycles. The van der Waals surface area contributed by atoms with Crippen LogP contribution in [0.2, 0.25) is 0 Å². The Hall–Kier alpha value is -1.88. The van der Waals surface area contributed by atoms with Crippen molar-refractivity contribution in [2.75, 3.05) is 7.11 Å². The first-order chi connectivity index (χ1) is 8.60. The second-order valence-corrected chi connectivity index (χ2v) is 4.23. The van der Waals surface area contributed by atoms with Crippen LogP contribution in [0.3, 0.4) is 0 Å². The molecule has 0 radical (unpaired) electrons. The van der Waals surface area contributed by atoms with Crippen molar-refractivity contribution in [3.05, 3.63) is 47.5 Å². The molecule has 5 heteroatoms. The Morgan fingerprint density at radius 2 is 2.28 bits per heavy atom. The number of benzene rings is 1. The van der Waals surface area contributed by atoms with Gasteiger partial charge in [-0.1, -0.05) is 6.07 Å². The number of rotatable bonds is 4. The molecule has 2 N–H and O–H groups in total. The molecule has 0 saturated carbocycles. The Balaban J connectivity index is 2.13. The minimum absolute atomic E-state index is 0.229. The smallest absolute Gasteiger partial charge is 0.165 e. The summed E-state index contributed by atoms with van der Waals surface area (Å²) in [5, 5.41) is 4.08. The average Bonchev–Trinajstić information content (AvgIpc) is 2.74. The molecule has 0 saturated heterocycles. The van der Waals surface area contributed by atoms with Gasteiger partial charge in [-0.25, -0.2) is 4.39 Å². The van der Waals surface area contributed by atoms with Crippen molar-refractivity contribution in [3.8, 4) is 5.75 Å². The topological polar surface area (TPSA) is 53.1 Å². The minimum Gasteiger partial charge on any atom is -0.494 e. The first-order valence-corrected chi connectivity index (χ1v) is 5.66. The molecule has 4 nitrogen and oxygen atoms in total. The number of aromatic nitrogens is 2. The van der Waals surface area contributed by atoms with Crippen molar-refractivity contribution in [3.63, 3.8) is 0 Å². The van der Waals surface area contributed by atoms with Crippen LogP contribution in [0.15, 0.2) is 30.6 Å². The first kappa shape index (κ1) is 12.6. The Morgan fingerprint density at radius 1 is 1.50 bits per heavy atom. The zero-order valence-electron chi connectivity index (χ0n) is 10.4. The maximum atomic E-state index is 13.6. The quantitative estimate of drug-likeness (QED) is 0.899. The summed E-state index contributed by atoms with van der Waals surface area (Å²) in [4.78, 5) is 0. The third-order valence-corrected chi connectivity index (χ3v) is 2.82.